The first kappa shape index (κ1) is 15.5. The highest BCUT2D eigenvalue weighted by Gasteiger charge is 2.24. The van der Waals surface area contributed by atoms with Gasteiger partial charge in [-0.25, -0.2) is 0 Å². The van der Waals surface area contributed by atoms with E-state index in [0.29, 0.717) is 11.6 Å². The van der Waals surface area contributed by atoms with E-state index < -0.39 is 5.54 Å². The van der Waals surface area contributed by atoms with Crippen LogP contribution in [0.2, 0.25) is 5.02 Å². The zero-order valence-corrected chi connectivity index (χ0v) is 13.6. The molecule has 0 saturated carbocycles. The van der Waals surface area contributed by atoms with Crippen molar-refractivity contribution in [2.24, 2.45) is 0 Å². The number of aliphatic hydroxyl groups excluding tert-OH is 1. The van der Waals surface area contributed by atoms with E-state index >= 15 is 0 Å². The fraction of sp³-hybridized carbons (Fsp3) is 0.250. The average Bonchev–Trinajstić information content (AvgIpc) is 2.47. The molecule has 0 aliphatic heterocycles. The van der Waals surface area contributed by atoms with Gasteiger partial charge in [0.05, 0.1) is 12.1 Å². The molecule has 1 atom stereocenters. The topological polar surface area (TPSA) is 32.3 Å². The minimum absolute atomic E-state index is 0.0300. The van der Waals surface area contributed by atoms with Gasteiger partial charge >= 0.3 is 0 Å². The van der Waals surface area contributed by atoms with Crippen molar-refractivity contribution in [2.75, 3.05) is 6.61 Å². The van der Waals surface area contributed by atoms with Crippen molar-refractivity contribution >= 4 is 27.5 Å². The van der Waals surface area contributed by atoms with Crippen molar-refractivity contribution < 1.29 is 5.11 Å². The molecule has 2 nitrogen and oxygen atoms in total. The van der Waals surface area contributed by atoms with E-state index in [1.54, 1.807) is 0 Å². The molecular formula is C16H17BrClNO. The number of nitrogens with one attached hydrogen (secondary N) is 1. The Labute approximate surface area is 132 Å². The summed E-state index contributed by atoms with van der Waals surface area (Å²) in [5, 5.41) is 13.9. The van der Waals surface area contributed by atoms with Crippen molar-refractivity contribution in [3.8, 4) is 0 Å². The van der Waals surface area contributed by atoms with Crippen LogP contribution >= 0.6 is 27.5 Å². The van der Waals surface area contributed by atoms with Crippen LogP contribution in [0.25, 0.3) is 0 Å². The summed E-state index contributed by atoms with van der Waals surface area (Å²) in [6.45, 7) is 2.66. The van der Waals surface area contributed by atoms with Crippen molar-refractivity contribution in [1.82, 2.24) is 5.32 Å². The molecule has 1 unspecified atom stereocenters. The van der Waals surface area contributed by atoms with E-state index in [4.69, 9.17) is 11.6 Å². The molecule has 0 radical (unpaired) electrons. The Bertz CT molecular complexity index is 576. The van der Waals surface area contributed by atoms with E-state index in [-0.39, 0.29) is 6.61 Å². The van der Waals surface area contributed by atoms with Crippen molar-refractivity contribution in [3.63, 3.8) is 0 Å². The third-order valence-electron chi connectivity index (χ3n) is 3.41. The third-order valence-corrected chi connectivity index (χ3v) is 4.38. The maximum Gasteiger partial charge on any atom is 0.0652 e. The molecule has 0 amide bonds. The van der Waals surface area contributed by atoms with Crippen LogP contribution in [0.1, 0.15) is 18.1 Å². The average molecular weight is 355 g/mol. The molecule has 20 heavy (non-hydrogen) atoms. The lowest BCUT2D eigenvalue weighted by Gasteiger charge is -2.29. The third kappa shape index (κ3) is 3.61. The number of hydrogen-bond donors (Lipinski definition) is 2. The summed E-state index contributed by atoms with van der Waals surface area (Å²) in [5.74, 6) is 0. The van der Waals surface area contributed by atoms with E-state index in [0.717, 1.165) is 15.6 Å². The molecule has 4 heteroatoms. The summed E-state index contributed by atoms with van der Waals surface area (Å²) in [6, 6.07) is 15.7. The first-order chi connectivity index (χ1) is 9.55. The van der Waals surface area contributed by atoms with Crippen LogP contribution in [0.3, 0.4) is 0 Å². The Morgan fingerprint density at radius 1 is 1.20 bits per heavy atom. The van der Waals surface area contributed by atoms with Gasteiger partial charge in [0, 0.05) is 16.0 Å². The number of hydrogen-bond acceptors (Lipinski definition) is 2. The summed E-state index contributed by atoms with van der Waals surface area (Å²) >= 11 is 9.45. The van der Waals surface area contributed by atoms with Gasteiger partial charge in [-0.2, -0.15) is 0 Å². The Balaban J connectivity index is 2.15. The molecule has 0 aliphatic carbocycles. The highest BCUT2D eigenvalue weighted by atomic mass is 79.9. The van der Waals surface area contributed by atoms with Crippen LogP contribution in [-0.2, 0) is 12.1 Å². The van der Waals surface area contributed by atoms with Crippen LogP contribution in [-0.4, -0.2) is 11.7 Å². The molecule has 2 N–H and O–H groups in total. The van der Waals surface area contributed by atoms with Gasteiger partial charge in [0.1, 0.15) is 0 Å². The second-order valence-corrected chi connectivity index (χ2v) is 6.24. The number of benzene rings is 2. The molecule has 0 fully saturated rings. The fourth-order valence-corrected chi connectivity index (χ4v) is 2.83. The van der Waals surface area contributed by atoms with Gasteiger partial charge in [-0.05, 0) is 30.2 Å². The summed E-state index contributed by atoms with van der Waals surface area (Å²) < 4.78 is 0.964. The Hall–Kier alpha value is -0.870. The lowest BCUT2D eigenvalue weighted by molar-refractivity contribution is 0.173. The lowest BCUT2D eigenvalue weighted by Crippen LogP contribution is -2.42. The van der Waals surface area contributed by atoms with Crippen LogP contribution < -0.4 is 5.32 Å². The SMILES string of the molecule is CC(CO)(NCc1ccc(Cl)cc1Br)c1ccccc1. The van der Waals surface area contributed by atoms with Gasteiger partial charge in [-0.3, -0.25) is 0 Å². The molecule has 2 rings (SSSR count). The maximum absolute atomic E-state index is 9.73. The molecule has 106 valence electrons. The predicted octanol–water partition coefficient (Wildman–Crippen LogP) is 4.10. The van der Waals surface area contributed by atoms with Crippen molar-refractivity contribution in [3.05, 3.63) is 69.2 Å². The standard InChI is InChI=1S/C16H17BrClNO/c1-16(11-20,13-5-3-2-4-6-13)19-10-12-7-8-14(18)9-15(12)17/h2-9,19-20H,10-11H2,1H3. The van der Waals surface area contributed by atoms with Crippen LogP contribution in [0.4, 0.5) is 0 Å². The summed E-state index contributed by atoms with van der Waals surface area (Å²) in [6.07, 6.45) is 0. The van der Waals surface area contributed by atoms with Crippen LogP contribution in [0, 0.1) is 0 Å². The molecule has 0 saturated heterocycles. The molecule has 0 aromatic heterocycles. The van der Waals surface area contributed by atoms with Gasteiger partial charge in [0.15, 0.2) is 0 Å². The zero-order chi connectivity index (χ0) is 14.6. The van der Waals surface area contributed by atoms with Crippen LogP contribution in [0.15, 0.2) is 53.0 Å². The Morgan fingerprint density at radius 3 is 2.50 bits per heavy atom. The molecule has 2 aromatic rings. The normalized spacial score (nSPS) is 14.0. The number of rotatable bonds is 5. The van der Waals surface area contributed by atoms with Gasteiger partial charge in [0.25, 0.3) is 0 Å². The highest BCUT2D eigenvalue weighted by molar-refractivity contribution is 9.10. The minimum Gasteiger partial charge on any atom is -0.394 e. The lowest BCUT2D eigenvalue weighted by atomic mass is 9.92. The summed E-state index contributed by atoms with van der Waals surface area (Å²) in [7, 11) is 0. The van der Waals surface area contributed by atoms with Gasteiger partial charge < -0.3 is 10.4 Å². The largest absolute Gasteiger partial charge is 0.394 e. The van der Waals surface area contributed by atoms with E-state index in [1.807, 2.05) is 55.5 Å². The quantitative estimate of drug-likeness (QED) is 0.847. The van der Waals surface area contributed by atoms with Crippen LogP contribution in [0.5, 0.6) is 0 Å². The second kappa shape index (κ2) is 6.72. The molecule has 0 aliphatic rings. The monoisotopic (exact) mass is 353 g/mol. The van der Waals surface area contributed by atoms with Gasteiger partial charge in [-0.1, -0.05) is 63.9 Å². The fourth-order valence-electron chi connectivity index (χ4n) is 2.01. The summed E-state index contributed by atoms with van der Waals surface area (Å²) in [4.78, 5) is 0. The summed E-state index contributed by atoms with van der Waals surface area (Å²) in [5.41, 5.74) is 1.69. The van der Waals surface area contributed by atoms with E-state index in [9.17, 15) is 5.11 Å². The predicted molar refractivity (Wildman–Crippen MR) is 86.9 cm³/mol. The van der Waals surface area contributed by atoms with E-state index in [1.165, 1.54) is 0 Å². The number of aliphatic hydroxyl groups is 1. The molecular weight excluding hydrogens is 338 g/mol. The zero-order valence-electron chi connectivity index (χ0n) is 11.2. The molecule has 0 spiro atoms. The van der Waals surface area contributed by atoms with Gasteiger partial charge in [-0.15, -0.1) is 0 Å². The van der Waals surface area contributed by atoms with E-state index in [2.05, 4.69) is 21.2 Å². The first-order valence-electron chi connectivity index (χ1n) is 6.40. The molecule has 0 bridgehead atoms. The first-order valence-corrected chi connectivity index (χ1v) is 7.57. The molecule has 2 aromatic carbocycles. The smallest absolute Gasteiger partial charge is 0.0652 e. The maximum atomic E-state index is 9.73. The Morgan fingerprint density at radius 2 is 1.90 bits per heavy atom. The minimum atomic E-state index is -0.472. The Kier molecular flexibility index (Phi) is 5.22. The molecule has 0 heterocycles. The second-order valence-electron chi connectivity index (χ2n) is 4.95. The number of halogens is 2. The highest BCUT2D eigenvalue weighted by Crippen LogP contribution is 2.24. The van der Waals surface area contributed by atoms with Crippen molar-refractivity contribution in [1.29, 1.82) is 0 Å². The van der Waals surface area contributed by atoms with Gasteiger partial charge in [0.2, 0.25) is 0 Å². The van der Waals surface area contributed by atoms with Crippen molar-refractivity contribution in [2.45, 2.75) is 19.0 Å².